The first-order chi connectivity index (χ1) is 7.50. The Bertz CT molecular complexity index is 603. The van der Waals surface area contributed by atoms with E-state index >= 15 is 0 Å². The third kappa shape index (κ3) is 1.82. The highest BCUT2D eigenvalue weighted by Gasteiger charge is 2.10. The van der Waals surface area contributed by atoms with Gasteiger partial charge < -0.3 is 0 Å². The molecule has 6 heteroatoms. The maximum atomic E-state index is 13.5. The summed E-state index contributed by atoms with van der Waals surface area (Å²) >= 11 is 8.25. The summed E-state index contributed by atoms with van der Waals surface area (Å²) in [5, 5.41) is 6.68. The first kappa shape index (κ1) is 11.5. The van der Waals surface area contributed by atoms with Gasteiger partial charge in [0.15, 0.2) is 4.77 Å². The van der Waals surface area contributed by atoms with Gasteiger partial charge in [0, 0.05) is 0 Å². The smallest absolute Gasteiger partial charge is 0.199 e. The zero-order valence-electron chi connectivity index (χ0n) is 8.71. The summed E-state index contributed by atoms with van der Waals surface area (Å²) in [5.74, 6) is 0.387. The molecule has 16 heavy (non-hydrogen) atoms. The van der Waals surface area contributed by atoms with Crippen molar-refractivity contribution in [3.05, 3.63) is 38.6 Å². The highest BCUT2D eigenvalue weighted by molar-refractivity contribution is 9.10. The van der Waals surface area contributed by atoms with Crippen molar-refractivity contribution in [1.29, 1.82) is 0 Å². The molecule has 84 valence electrons. The van der Waals surface area contributed by atoms with Gasteiger partial charge in [-0.3, -0.25) is 9.67 Å². The molecule has 1 aromatic heterocycles. The van der Waals surface area contributed by atoms with Crippen molar-refractivity contribution >= 4 is 28.1 Å². The standard InChI is InChI=1S/C10H9BrFN3S/c1-5-3-7(11)8(12)4-9(5)15-6(2)13-14-10(15)16/h3-4H,1-2H3,(H,14,16). The lowest BCUT2D eigenvalue weighted by Crippen LogP contribution is -2.01. The number of hydrogen-bond donors (Lipinski definition) is 1. The Kier molecular flexibility index (Phi) is 2.94. The zero-order valence-corrected chi connectivity index (χ0v) is 11.1. The van der Waals surface area contributed by atoms with Gasteiger partial charge in [-0.2, -0.15) is 5.10 Å². The summed E-state index contributed by atoms with van der Waals surface area (Å²) in [5.41, 5.74) is 1.63. The monoisotopic (exact) mass is 301 g/mol. The van der Waals surface area contributed by atoms with Crippen LogP contribution in [-0.2, 0) is 0 Å². The van der Waals surface area contributed by atoms with E-state index in [1.807, 2.05) is 13.8 Å². The second-order valence-electron chi connectivity index (χ2n) is 3.46. The van der Waals surface area contributed by atoms with Gasteiger partial charge in [-0.25, -0.2) is 4.39 Å². The van der Waals surface area contributed by atoms with Gasteiger partial charge in [0.05, 0.1) is 10.2 Å². The van der Waals surface area contributed by atoms with E-state index < -0.39 is 0 Å². The van der Waals surface area contributed by atoms with Crippen LogP contribution >= 0.6 is 28.1 Å². The van der Waals surface area contributed by atoms with Crippen LogP contribution in [0.1, 0.15) is 11.4 Å². The van der Waals surface area contributed by atoms with Crippen LogP contribution in [0.2, 0.25) is 0 Å². The number of nitrogens with one attached hydrogen (secondary N) is 1. The van der Waals surface area contributed by atoms with Crippen LogP contribution in [0.25, 0.3) is 5.69 Å². The van der Waals surface area contributed by atoms with Crippen molar-refractivity contribution in [2.24, 2.45) is 0 Å². The second kappa shape index (κ2) is 4.10. The Labute approximate surface area is 105 Å². The van der Waals surface area contributed by atoms with Crippen molar-refractivity contribution in [2.75, 3.05) is 0 Å². The molecule has 0 spiro atoms. The van der Waals surface area contributed by atoms with Crippen molar-refractivity contribution < 1.29 is 4.39 Å². The number of aromatic nitrogens is 3. The Morgan fingerprint density at radius 1 is 1.44 bits per heavy atom. The van der Waals surface area contributed by atoms with Crippen LogP contribution in [-0.4, -0.2) is 14.8 Å². The molecule has 0 amide bonds. The van der Waals surface area contributed by atoms with E-state index in [4.69, 9.17) is 12.2 Å². The summed E-state index contributed by atoms with van der Waals surface area (Å²) in [4.78, 5) is 0. The van der Waals surface area contributed by atoms with Crippen LogP contribution in [0.15, 0.2) is 16.6 Å². The fourth-order valence-corrected chi connectivity index (χ4v) is 2.27. The fraction of sp³-hybridized carbons (Fsp3) is 0.200. The first-order valence-corrected chi connectivity index (χ1v) is 5.81. The van der Waals surface area contributed by atoms with Gasteiger partial charge in [0.1, 0.15) is 11.6 Å². The number of H-pyrrole nitrogens is 1. The summed E-state index contributed by atoms with van der Waals surface area (Å²) in [6, 6.07) is 3.16. The Morgan fingerprint density at radius 3 is 2.69 bits per heavy atom. The average Bonchev–Trinajstić information content (AvgIpc) is 2.53. The molecule has 3 nitrogen and oxygen atoms in total. The SMILES string of the molecule is Cc1cc(Br)c(F)cc1-n1c(C)n[nH]c1=S. The highest BCUT2D eigenvalue weighted by atomic mass is 79.9. The van der Waals surface area contributed by atoms with Crippen molar-refractivity contribution in [3.8, 4) is 5.69 Å². The predicted molar refractivity (Wildman–Crippen MR) is 65.9 cm³/mol. The lowest BCUT2D eigenvalue weighted by atomic mass is 10.2. The minimum absolute atomic E-state index is 0.317. The number of aryl methyl sites for hydroxylation is 2. The highest BCUT2D eigenvalue weighted by Crippen LogP contribution is 2.23. The van der Waals surface area contributed by atoms with Crippen molar-refractivity contribution in [3.63, 3.8) is 0 Å². The maximum absolute atomic E-state index is 13.5. The third-order valence-electron chi connectivity index (χ3n) is 2.32. The van der Waals surface area contributed by atoms with Crippen LogP contribution < -0.4 is 0 Å². The lowest BCUT2D eigenvalue weighted by molar-refractivity contribution is 0.619. The summed E-state index contributed by atoms with van der Waals surface area (Å²) < 4.78 is 16.1. The lowest BCUT2D eigenvalue weighted by Gasteiger charge is -2.09. The molecule has 0 saturated heterocycles. The predicted octanol–water partition coefficient (Wildman–Crippen LogP) is 3.45. The van der Waals surface area contributed by atoms with Crippen LogP contribution in [0, 0.1) is 24.4 Å². The molecule has 0 atom stereocenters. The van der Waals surface area contributed by atoms with E-state index in [2.05, 4.69) is 26.1 Å². The van der Waals surface area contributed by atoms with E-state index in [9.17, 15) is 4.39 Å². The van der Waals surface area contributed by atoms with E-state index in [0.29, 0.717) is 20.8 Å². The number of aromatic amines is 1. The first-order valence-electron chi connectivity index (χ1n) is 4.60. The molecule has 2 rings (SSSR count). The fourth-order valence-electron chi connectivity index (χ4n) is 1.54. The average molecular weight is 302 g/mol. The molecule has 1 heterocycles. The van der Waals surface area contributed by atoms with Gasteiger partial charge >= 0.3 is 0 Å². The molecule has 0 aliphatic carbocycles. The van der Waals surface area contributed by atoms with Crippen molar-refractivity contribution in [1.82, 2.24) is 14.8 Å². The number of nitrogens with zero attached hydrogens (tertiary/aromatic N) is 2. The molecule has 0 saturated carbocycles. The van der Waals surface area contributed by atoms with Crippen LogP contribution in [0.5, 0.6) is 0 Å². The number of halogens is 2. The molecule has 1 aromatic carbocycles. The molecule has 2 aromatic rings. The topological polar surface area (TPSA) is 33.6 Å². The molecular formula is C10H9BrFN3S. The molecule has 0 radical (unpaired) electrons. The van der Waals surface area contributed by atoms with E-state index in [1.54, 1.807) is 10.6 Å². The third-order valence-corrected chi connectivity index (χ3v) is 3.20. The Balaban J connectivity index is 2.74. The molecule has 0 fully saturated rings. The van der Waals surface area contributed by atoms with Gasteiger partial charge in [0.25, 0.3) is 0 Å². The van der Waals surface area contributed by atoms with E-state index in [-0.39, 0.29) is 5.82 Å². The zero-order chi connectivity index (χ0) is 11.9. The van der Waals surface area contributed by atoms with Crippen LogP contribution in [0.3, 0.4) is 0 Å². The van der Waals surface area contributed by atoms with Crippen molar-refractivity contribution in [2.45, 2.75) is 13.8 Å². The van der Waals surface area contributed by atoms with Gasteiger partial charge in [-0.1, -0.05) is 0 Å². The quantitative estimate of drug-likeness (QED) is 0.819. The van der Waals surface area contributed by atoms with Crippen LogP contribution in [0.4, 0.5) is 4.39 Å². The normalized spacial score (nSPS) is 10.8. The number of rotatable bonds is 1. The Morgan fingerprint density at radius 2 is 2.12 bits per heavy atom. The second-order valence-corrected chi connectivity index (χ2v) is 4.71. The van der Waals surface area contributed by atoms with Gasteiger partial charge in [-0.15, -0.1) is 0 Å². The van der Waals surface area contributed by atoms with Gasteiger partial charge in [-0.05, 0) is 59.7 Å². The summed E-state index contributed by atoms with van der Waals surface area (Å²) in [6.07, 6.45) is 0. The van der Waals surface area contributed by atoms with Gasteiger partial charge in [0.2, 0.25) is 0 Å². The molecule has 1 N–H and O–H groups in total. The molecule has 0 aliphatic rings. The van der Waals surface area contributed by atoms with E-state index in [0.717, 1.165) is 5.56 Å². The largest absolute Gasteiger partial charge is 0.272 e. The minimum atomic E-state index is -0.317. The summed E-state index contributed by atoms with van der Waals surface area (Å²) in [6.45, 7) is 3.71. The number of benzene rings is 1. The van der Waals surface area contributed by atoms with E-state index in [1.165, 1.54) is 6.07 Å². The molecule has 0 aliphatic heterocycles. The minimum Gasteiger partial charge on any atom is -0.272 e. The molecule has 0 unspecified atom stereocenters. The molecular weight excluding hydrogens is 293 g/mol. The molecule has 0 bridgehead atoms. The summed E-state index contributed by atoms with van der Waals surface area (Å²) in [7, 11) is 0. The maximum Gasteiger partial charge on any atom is 0.199 e. The Hall–Kier alpha value is -1.01. The number of hydrogen-bond acceptors (Lipinski definition) is 2.